The predicted molar refractivity (Wildman–Crippen MR) is 91.0 cm³/mol. The molecule has 0 bridgehead atoms. The number of methoxy groups -OCH3 is 1. The second-order valence-electron chi connectivity index (χ2n) is 5.14. The number of ether oxygens (including phenoxy) is 1. The van der Waals surface area contributed by atoms with Crippen molar-refractivity contribution in [2.45, 2.75) is 26.6 Å². The van der Waals surface area contributed by atoms with E-state index in [1.807, 2.05) is 13.0 Å². The number of thiophene rings is 1. The van der Waals surface area contributed by atoms with Gasteiger partial charge in [0.1, 0.15) is 10.6 Å². The Morgan fingerprint density at radius 1 is 1.32 bits per heavy atom. The van der Waals surface area contributed by atoms with Gasteiger partial charge in [0.05, 0.1) is 7.11 Å². The van der Waals surface area contributed by atoms with Crippen LogP contribution in [0.2, 0.25) is 0 Å². The van der Waals surface area contributed by atoms with Crippen LogP contribution in [0.15, 0.2) is 24.3 Å². The first-order valence-corrected chi connectivity index (χ1v) is 7.73. The monoisotopic (exact) mass is 338 g/mol. The van der Waals surface area contributed by atoms with Crippen molar-refractivity contribution in [3.8, 4) is 5.75 Å². The molecule has 3 rings (SSSR count). The highest BCUT2D eigenvalue weighted by Gasteiger charge is 2.16. The topological polar surface area (TPSA) is 50.4 Å². The largest absolute Gasteiger partial charge is 0.495 e. The number of carbonyl (C=O) groups excluding carboxylic acids is 1. The molecule has 2 N–H and O–H groups in total. The molecule has 0 fully saturated rings. The van der Waals surface area contributed by atoms with E-state index in [-0.39, 0.29) is 18.3 Å². The van der Waals surface area contributed by atoms with Crippen LogP contribution in [0.4, 0.5) is 0 Å². The third kappa shape index (κ3) is 3.43. The minimum atomic E-state index is -0.0800. The van der Waals surface area contributed by atoms with Gasteiger partial charge in [-0.15, -0.1) is 23.7 Å². The highest BCUT2D eigenvalue weighted by molar-refractivity contribution is 7.14. The summed E-state index contributed by atoms with van der Waals surface area (Å²) in [7, 11) is 1.59. The third-order valence-corrected chi connectivity index (χ3v) is 4.63. The first-order valence-electron chi connectivity index (χ1n) is 6.91. The summed E-state index contributed by atoms with van der Waals surface area (Å²) in [6.45, 7) is 4.35. The van der Waals surface area contributed by atoms with Crippen LogP contribution >= 0.6 is 23.7 Å². The van der Waals surface area contributed by atoms with Gasteiger partial charge in [0, 0.05) is 24.5 Å². The zero-order valence-electron chi connectivity index (χ0n) is 12.6. The fourth-order valence-electron chi connectivity index (χ4n) is 2.52. The molecule has 1 aliphatic rings. The van der Waals surface area contributed by atoms with Crippen molar-refractivity contribution in [2.24, 2.45) is 0 Å². The summed E-state index contributed by atoms with van der Waals surface area (Å²) in [4.78, 5) is 14.0. The Hall–Kier alpha value is -1.56. The lowest BCUT2D eigenvalue weighted by Crippen LogP contribution is -2.22. The van der Waals surface area contributed by atoms with Gasteiger partial charge in [-0.25, -0.2) is 0 Å². The minimum absolute atomic E-state index is 0. The van der Waals surface area contributed by atoms with Gasteiger partial charge in [0.25, 0.3) is 5.91 Å². The Bertz CT molecular complexity index is 685. The van der Waals surface area contributed by atoms with Crippen LogP contribution in [0.25, 0.3) is 0 Å². The number of amides is 1. The zero-order valence-corrected chi connectivity index (χ0v) is 14.2. The van der Waals surface area contributed by atoms with Gasteiger partial charge >= 0.3 is 0 Å². The lowest BCUT2D eigenvalue weighted by Gasteiger charge is -2.07. The van der Waals surface area contributed by atoms with Crippen LogP contribution in [-0.4, -0.2) is 13.0 Å². The first-order chi connectivity index (χ1) is 10.2. The van der Waals surface area contributed by atoms with Crippen LogP contribution in [0, 0.1) is 6.92 Å². The predicted octanol–water partition coefficient (Wildman–Crippen LogP) is 3.02. The molecule has 6 heteroatoms. The maximum atomic E-state index is 12.3. The number of nitrogens with one attached hydrogen (secondary N) is 2. The number of carbonyl (C=O) groups is 1. The summed E-state index contributed by atoms with van der Waals surface area (Å²) in [6.07, 6.45) is 0. The Labute approximate surface area is 140 Å². The number of benzene rings is 1. The molecule has 0 atom stereocenters. The molecule has 1 aromatic carbocycles. The molecule has 0 saturated heterocycles. The average Bonchev–Trinajstić information content (AvgIpc) is 3.09. The molecule has 1 aromatic heterocycles. The van der Waals surface area contributed by atoms with Crippen LogP contribution in [0.3, 0.4) is 0 Å². The molecule has 0 saturated carbocycles. The van der Waals surface area contributed by atoms with E-state index in [1.54, 1.807) is 7.11 Å². The average molecular weight is 339 g/mol. The fraction of sp³-hybridized carbons (Fsp3) is 0.312. The van der Waals surface area contributed by atoms with Crippen LogP contribution in [0.1, 0.15) is 31.2 Å². The molecular weight excluding hydrogens is 320 g/mol. The maximum Gasteiger partial charge on any atom is 0.265 e. The van der Waals surface area contributed by atoms with Crippen molar-refractivity contribution in [1.29, 1.82) is 0 Å². The SMILES string of the molecule is COc1cc(C)sc1C(=O)NCc1ccc2c(c1)CNC2.Cl. The molecule has 0 radical (unpaired) electrons. The molecule has 4 nitrogen and oxygen atoms in total. The summed E-state index contributed by atoms with van der Waals surface area (Å²) >= 11 is 1.46. The summed E-state index contributed by atoms with van der Waals surface area (Å²) < 4.78 is 5.24. The summed E-state index contributed by atoms with van der Waals surface area (Å²) in [6, 6.07) is 8.25. The Morgan fingerprint density at radius 2 is 2.09 bits per heavy atom. The molecule has 1 amide bonds. The quantitative estimate of drug-likeness (QED) is 0.901. The molecule has 2 aromatic rings. The number of rotatable bonds is 4. The van der Waals surface area contributed by atoms with E-state index in [1.165, 1.54) is 22.5 Å². The van der Waals surface area contributed by atoms with Crippen molar-refractivity contribution in [3.05, 3.63) is 50.7 Å². The number of fused-ring (bicyclic) bond motifs is 1. The van der Waals surface area contributed by atoms with E-state index >= 15 is 0 Å². The highest BCUT2D eigenvalue weighted by atomic mass is 35.5. The molecule has 22 heavy (non-hydrogen) atoms. The van der Waals surface area contributed by atoms with E-state index in [4.69, 9.17) is 4.74 Å². The van der Waals surface area contributed by atoms with Crippen molar-refractivity contribution in [1.82, 2.24) is 10.6 Å². The van der Waals surface area contributed by atoms with Crippen LogP contribution in [-0.2, 0) is 19.6 Å². The first kappa shape index (κ1) is 16.8. The van der Waals surface area contributed by atoms with E-state index < -0.39 is 0 Å². The smallest absolute Gasteiger partial charge is 0.265 e. The molecule has 118 valence electrons. The van der Waals surface area contributed by atoms with Gasteiger partial charge in [-0.1, -0.05) is 18.2 Å². The van der Waals surface area contributed by atoms with Gasteiger partial charge < -0.3 is 15.4 Å². The molecule has 2 heterocycles. The highest BCUT2D eigenvalue weighted by Crippen LogP contribution is 2.28. The number of hydrogen-bond acceptors (Lipinski definition) is 4. The van der Waals surface area contributed by atoms with E-state index in [0.29, 0.717) is 17.2 Å². The molecule has 0 spiro atoms. The van der Waals surface area contributed by atoms with Gasteiger partial charge in [0.15, 0.2) is 0 Å². The normalized spacial score (nSPS) is 12.5. The molecular formula is C16H19ClN2O2S. The third-order valence-electron chi connectivity index (χ3n) is 3.60. The summed E-state index contributed by atoms with van der Waals surface area (Å²) in [5.41, 5.74) is 3.80. The molecule has 1 aliphatic heterocycles. The Kier molecular flexibility index (Phi) is 5.45. The van der Waals surface area contributed by atoms with E-state index in [9.17, 15) is 4.79 Å². The second-order valence-corrected chi connectivity index (χ2v) is 6.40. The number of aryl methyl sites for hydroxylation is 1. The maximum absolute atomic E-state index is 12.3. The van der Waals surface area contributed by atoms with Crippen LogP contribution < -0.4 is 15.4 Å². The van der Waals surface area contributed by atoms with Gasteiger partial charge in [-0.2, -0.15) is 0 Å². The van der Waals surface area contributed by atoms with E-state index in [2.05, 4.69) is 28.8 Å². The molecule has 0 unspecified atom stereocenters. The van der Waals surface area contributed by atoms with Crippen LogP contribution in [0.5, 0.6) is 5.75 Å². The summed E-state index contributed by atoms with van der Waals surface area (Å²) in [5.74, 6) is 0.566. The van der Waals surface area contributed by atoms with Crippen molar-refractivity contribution < 1.29 is 9.53 Å². The Balaban J connectivity index is 0.00000176. The zero-order chi connectivity index (χ0) is 14.8. The second kappa shape index (κ2) is 7.13. The van der Waals surface area contributed by atoms with Crippen molar-refractivity contribution >= 4 is 29.7 Å². The van der Waals surface area contributed by atoms with Gasteiger partial charge in [-0.05, 0) is 29.7 Å². The lowest BCUT2D eigenvalue weighted by molar-refractivity contribution is 0.0952. The van der Waals surface area contributed by atoms with Crippen molar-refractivity contribution in [3.63, 3.8) is 0 Å². The van der Waals surface area contributed by atoms with Crippen molar-refractivity contribution in [2.75, 3.05) is 7.11 Å². The van der Waals surface area contributed by atoms with E-state index in [0.717, 1.165) is 23.5 Å². The lowest BCUT2D eigenvalue weighted by atomic mass is 10.1. The molecule has 0 aliphatic carbocycles. The Morgan fingerprint density at radius 3 is 2.86 bits per heavy atom. The summed E-state index contributed by atoms with van der Waals surface area (Å²) in [5, 5.41) is 6.29. The minimum Gasteiger partial charge on any atom is -0.495 e. The number of halogens is 1. The fourth-order valence-corrected chi connectivity index (χ4v) is 3.42. The standard InChI is InChI=1S/C16H18N2O2S.ClH/c1-10-5-14(20-2)15(21-10)16(19)18-7-11-3-4-12-8-17-9-13(12)6-11;/h3-6,17H,7-9H2,1-2H3,(H,18,19);1H. The van der Waals surface area contributed by atoms with Gasteiger partial charge in [-0.3, -0.25) is 4.79 Å². The van der Waals surface area contributed by atoms with Gasteiger partial charge in [0.2, 0.25) is 0 Å². The number of hydrogen-bond donors (Lipinski definition) is 2.